The Labute approximate surface area is 207 Å². The molecule has 0 fully saturated rings. The average molecular weight is 491 g/mol. The van der Waals surface area contributed by atoms with Crippen LogP contribution in [-0.4, -0.2) is 42.4 Å². The van der Waals surface area contributed by atoms with Crippen LogP contribution in [-0.2, 0) is 16.0 Å². The third-order valence-corrected chi connectivity index (χ3v) is 5.11. The molecule has 0 saturated carbocycles. The van der Waals surface area contributed by atoms with Crippen LogP contribution in [0.3, 0.4) is 0 Å². The lowest BCUT2D eigenvalue weighted by Crippen LogP contribution is -2.30. The summed E-state index contributed by atoms with van der Waals surface area (Å²) in [6.45, 7) is 2.51. The minimum Gasteiger partial charge on any atom is -0.462 e. The van der Waals surface area contributed by atoms with Gasteiger partial charge in [-0.25, -0.2) is 4.79 Å². The van der Waals surface area contributed by atoms with E-state index in [1.165, 1.54) is 36.4 Å². The number of hydrogen-bond donors (Lipinski definition) is 3. The van der Waals surface area contributed by atoms with Crippen molar-refractivity contribution in [1.29, 1.82) is 0 Å². The molecule has 0 aliphatic heterocycles. The van der Waals surface area contributed by atoms with Gasteiger partial charge in [0.15, 0.2) is 0 Å². The molecule has 0 aliphatic carbocycles. The topological polar surface area (TPSA) is 140 Å². The molecule has 36 heavy (non-hydrogen) atoms. The molecule has 2 amide bonds. The lowest BCUT2D eigenvalue weighted by Gasteiger charge is -2.12. The number of carbonyl (C=O) groups is 3. The van der Waals surface area contributed by atoms with Crippen molar-refractivity contribution in [3.63, 3.8) is 0 Å². The second-order valence-corrected chi connectivity index (χ2v) is 7.70. The van der Waals surface area contributed by atoms with E-state index in [1.54, 1.807) is 6.92 Å². The minimum atomic E-state index is -0.657. The molecule has 0 spiro atoms. The van der Waals surface area contributed by atoms with E-state index in [-0.39, 0.29) is 30.1 Å². The smallest absolute Gasteiger partial charge is 0.338 e. The Morgan fingerprint density at radius 2 is 1.67 bits per heavy atom. The Hall–Kier alpha value is -4.57. The first-order valence-corrected chi connectivity index (χ1v) is 11.3. The summed E-state index contributed by atoms with van der Waals surface area (Å²) in [5, 5.41) is 19.5. The molecule has 0 aromatic heterocycles. The zero-order valence-electron chi connectivity index (χ0n) is 19.7. The molecule has 0 aliphatic rings. The highest BCUT2D eigenvalue weighted by molar-refractivity contribution is 6.10. The number of hydrogen-bond acceptors (Lipinski definition) is 7. The van der Waals surface area contributed by atoms with Crippen molar-refractivity contribution in [2.45, 2.75) is 13.3 Å². The average Bonchev–Trinajstić information content (AvgIpc) is 2.88. The summed E-state index contributed by atoms with van der Waals surface area (Å²) in [7, 11) is 0. The van der Waals surface area contributed by atoms with Crippen LogP contribution in [0, 0.1) is 10.1 Å². The summed E-state index contributed by atoms with van der Waals surface area (Å²) < 4.78 is 4.93. The van der Waals surface area contributed by atoms with Crippen LogP contribution in [0.1, 0.15) is 33.2 Å². The number of nitrogens with one attached hydrogen (secondary N) is 3. The maximum Gasteiger partial charge on any atom is 0.338 e. The summed E-state index contributed by atoms with van der Waals surface area (Å²) in [6.07, 6.45) is 0.744. The monoisotopic (exact) mass is 490 g/mol. The van der Waals surface area contributed by atoms with Gasteiger partial charge in [-0.3, -0.25) is 19.7 Å². The molecule has 0 unspecified atom stereocenters. The van der Waals surface area contributed by atoms with Crippen molar-refractivity contribution in [2.24, 2.45) is 0 Å². The van der Waals surface area contributed by atoms with Crippen LogP contribution in [0.2, 0.25) is 0 Å². The molecule has 0 saturated heterocycles. The second kappa shape index (κ2) is 12.8. The minimum absolute atomic E-state index is 0.000200. The van der Waals surface area contributed by atoms with Gasteiger partial charge in [-0.05, 0) is 55.8 Å². The highest BCUT2D eigenvalue weighted by atomic mass is 16.6. The first-order valence-electron chi connectivity index (χ1n) is 11.3. The number of amides is 2. The van der Waals surface area contributed by atoms with E-state index < -0.39 is 22.7 Å². The maximum absolute atomic E-state index is 12.9. The number of carbonyl (C=O) groups excluding carboxylic acids is 3. The molecule has 3 aromatic rings. The number of ether oxygens (including phenoxy) is 1. The van der Waals surface area contributed by atoms with Gasteiger partial charge in [0, 0.05) is 17.8 Å². The number of rotatable bonds is 11. The molecule has 10 nitrogen and oxygen atoms in total. The second-order valence-electron chi connectivity index (χ2n) is 7.70. The predicted molar refractivity (Wildman–Crippen MR) is 135 cm³/mol. The Kier molecular flexibility index (Phi) is 9.24. The zero-order valence-corrected chi connectivity index (χ0v) is 19.7. The standard InChI is InChI=1S/C26H26N4O6/c1-2-36-26(33)19-8-10-20(11-9-19)28-25(32)22-16-21(30(34)35)12-13-23(22)29-24(31)17-27-15-14-18-6-4-3-5-7-18/h3-13,16,27H,2,14-15,17H2,1H3,(H,28,32)(H,29,31). The van der Waals surface area contributed by atoms with E-state index in [2.05, 4.69) is 16.0 Å². The number of anilines is 2. The summed E-state index contributed by atoms with van der Waals surface area (Å²) in [5.74, 6) is -1.55. The third kappa shape index (κ3) is 7.47. The first kappa shape index (κ1) is 26.0. The molecule has 0 bridgehead atoms. The van der Waals surface area contributed by atoms with E-state index in [1.807, 2.05) is 30.3 Å². The highest BCUT2D eigenvalue weighted by Crippen LogP contribution is 2.24. The van der Waals surface area contributed by atoms with Gasteiger partial charge in [-0.1, -0.05) is 30.3 Å². The number of benzene rings is 3. The fourth-order valence-corrected chi connectivity index (χ4v) is 3.32. The van der Waals surface area contributed by atoms with Gasteiger partial charge >= 0.3 is 5.97 Å². The highest BCUT2D eigenvalue weighted by Gasteiger charge is 2.19. The van der Waals surface area contributed by atoms with Crippen molar-refractivity contribution in [3.8, 4) is 0 Å². The molecule has 0 radical (unpaired) electrons. The molecule has 10 heteroatoms. The molecular formula is C26H26N4O6. The normalized spacial score (nSPS) is 10.4. The van der Waals surface area contributed by atoms with Crippen LogP contribution in [0.4, 0.5) is 17.1 Å². The molecule has 0 atom stereocenters. The number of nitro benzene ring substituents is 1. The van der Waals surface area contributed by atoms with Crippen molar-refractivity contribution >= 4 is 34.8 Å². The predicted octanol–water partition coefficient (Wildman–Crippen LogP) is 3.79. The Balaban J connectivity index is 1.65. The van der Waals surface area contributed by atoms with Crippen LogP contribution >= 0.6 is 0 Å². The van der Waals surface area contributed by atoms with E-state index in [0.29, 0.717) is 17.8 Å². The van der Waals surface area contributed by atoms with Gasteiger partial charge in [0.2, 0.25) is 5.91 Å². The van der Waals surface area contributed by atoms with Gasteiger partial charge in [0.25, 0.3) is 11.6 Å². The van der Waals surface area contributed by atoms with Crippen molar-refractivity contribution in [2.75, 3.05) is 30.3 Å². The molecule has 3 rings (SSSR count). The van der Waals surface area contributed by atoms with Crippen molar-refractivity contribution < 1.29 is 24.0 Å². The fraction of sp³-hybridized carbons (Fsp3) is 0.192. The Bertz CT molecular complexity index is 1230. The van der Waals surface area contributed by atoms with E-state index in [9.17, 15) is 24.5 Å². The van der Waals surface area contributed by atoms with Gasteiger partial charge in [-0.2, -0.15) is 0 Å². The van der Waals surface area contributed by atoms with Crippen molar-refractivity contribution in [1.82, 2.24) is 5.32 Å². The van der Waals surface area contributed by atoms with Gasteiger partial charge < -0.3 is 20.7 Å². The Morgan fingerprint density at radius 3 is 2.33 bits per heavy atom. The maximum atomic E-state index is 12.9. The molecule has 0 heterocycles. The molecule has 3 aromatic carbocycles. The Morgan fingerprint density at radius 1 is 0.944 bits per heavy atom. The third-order valence-electron chi connectivity index (χ3n) is 5.11. The van der Waals surface area contributed by atoms with E-state index in [0.717, 1.165) is 18.1 Å². The zero-order chi connectivity index (χ0) is 25.9. The quantitative estimate of drug-likeness (QED) is 0.161. The number of nitro groups is 1. The largest absolute Gasteiger partial charge is 0.462 e. The summed E-state index contributed by atoms with van der Waals surface area (Å²) in [5.41, 5.74) is 1.58. The van der Waals surface area contributed by atoms with Crippen LogP contribution in [0.25, 0.3) is 0 Å². The first-order chi connectivity index (χ1) is 17.4. The van der Waals surface area contributed by atoms with Gasteiger partial charge in [0.05, 0.1) is 34.9 Å². The van der Waals surface area contributed by atoms with Crippen LogP contribution < -0.4 is 16.0 Å². The number of esters is 1. The summed E-state index contributed by atoms with van der Waals surface area (Å²) in [6, 6.07) is 19.4. The number of non-ortho nitro benzene ring substituents is 1. The lowest BCUT2D eigenvalue weighted by molar-refractivity contribution is -0.384. The SMILES string of the molecule is CCOC(=O)c1ccc(NC(=O)c2cc([N+](=O)[O-])ccc2NC(=O)CNCCc2ccccc2)cc1. The van der Waals surface area contributed by atoms with Crippen LogP contribution in [0.15, 0.2) is 72.8 Å². The van der Waals surface area contributed by atoms with Crippen LogP contribution in [0.5, 0.6) is 0 Å². The van der Waals surface area contributed by atoms with E-state index >= 15 is 0 Å². The van der Waals surface area contributed by atoms with Gasteiger partial charge in [-0.15, -0.1) is 0 Å². The molecular weight excluding hydrogens is 464 g/mol. The molecule has 186 valence electrons. The summed E-state index contributed by atoms with van der Waals surface area (Å²) in [4.78, 5) is 47.8. The van der Waals surface area contributed by atoms with E-state index in [4.69, 9.17) is 4.74 Å². The van der Waals surface area contributed by atoms with Crippen molar-refractivity contribution in [3.05, 3.63) is 99.6 Å². The number of nitrogens with zero attached hydrogens (tertiary/aromatic N) is 1. The summed E-state index contributed by atoms with van der Waals surface area (Å²) >= 11 is 0. The van der Waals surface area contributed by atoms with Gasteiger partial charge in [0.1, 0.15) is 0 Å². The fourth-order valence-electron chi connectivity index (χ4n) is 3.32. The lowest BCUT2D eigenvalue weighted by atomic mass is 10.1. The molecule has 3 N–H and O–H groups in total.